The highest BCUT2D eigenvalue weighted by Crippen LogP contribution is 2.31. The van der Waals surface area contributed by atoms with E-state index in [-0.39, 0.29) is 0 Å². The molecule has 6 nitrogen and oxygen atoms in total. The number of guanidine groups is 1. The molecular formula is C18H26N4O2S. The number of thiazole rings is 1. The van der Waals surface area contributed by atoms with E-state index in [0.29, 0.717) is 18.8 Å². The lowest BCUT2D eigenvalue weighted by atomic mass is 10.2. The van der Waals surface area contributed by atoms with E-state index >= 15 is 0 Å². The number of para-hydroxylation sites is 1. The first-order valence-corrected chi connectivity index (χ1v) is 9.05. The number of rotatable bonds is 7. The van der Waals surface area contributed by atoms with Gasteiger partial charge < -0.3 is 20.1 Å². The predicted octanol–water partition coefficient (Wildman–Crippen LogP) is 3.03. The van der Waals surface area contributed by atoms with Gasteiger partial charge >= 0.3 is 0 Å². The molecule has 1 heterocycles. The van der Waals surface area contributed by atoms with Crippen molar-refractivity contribution in [1.82, 2.24) is 15.6 Å². The summed E-state index contributed by atoms with van der Waals surface area (Å²) in [5, 5.41) is 7.64. The van der Waals surface area contributed by atoms with Crippen molar-refractivity contribution < 1.29 is 9.47 Å². The highest BCUT2D eigenvalue weighted by molar-refractivity contribution is 7.11. The lowest BCUT2D eigenvalue weighted by Gasteiger charge is -2.13. The van der Waals surface area contributed by atoms with Gasteiger partial charge in [0.15, 0.2) is 17.5 Å². The van der Waals surface area contributed by atoms with Crippen LogP contribution in [0.15, 0.2) is 23.2 Å². The van der Waals surface area contributed by atoms with E-state index in [1.165, 1.54) is 4.88 Å². The second kappa shape index (κ2) is 9.27. The Morgan fingerprint density at radius 1 is 1.20 bits per heavy atom. The molecule has 2 N–H and O–H groups in total. The van der Waals surface area contributed by atoms with Crippen LogP contribution >= 0.6 is 11.3 Å². The molecule has 25 heavy (non-hydrogen) atoms. The molecule has 0 fully saturated rings. The molecule has 0 bridgehead atoms. The van der Waals surface area contributed by atoms with Crippen LogP contribution in [0.2, 0.25) is 0 Å². The van der Waals surface area contributed by atoms with Crippen LogP contribution in [0.1, 0.15) is 28.1 Å². The van der Waals surface area contributed by atoms with Crippen LogP contribution in [0.4, 0.5) is 0 Å². The van der Waals surface area contributed by atoms with E-state index in [4.69, 9.17) is 9.47 Å². The summed E-state index contributed by atoms with van der Waals surface area (Å²) in [5.74, 6) is 2.18. The first-order valence-electron chi connectivity index (χ1n) is 8.24. The maximum absolute atomic E-state index is 5.46. The third-order valence-electron chi connectivity index (χ3n) is 3.72. The minimum atomic E-state index is 0.492. The Hall–Kier alpha value is -2.28. The molecule has 0 spiro atoms. The van der Waals surface area contributed by atoms with Gasteiger partial charge in [0.25, 0.3) is 0 Å². The molecule has 1 aromatic heterocycles. The minimum Gasteiger partial charge on any atom is -0.493 e. The number of aliphatic imine (C=N–C) groups is 1. The number of aromatic nitrogens is 1. The number of benzene rings is 1. The molecule has 0 atom stereocenters. The molecule has 2 rings (SSSR count). The van der Waals surface area contributed by atoms with Gasteiger partial charge in [-0.2, -0.15) is 0 Å². The largest absolute Gasteiger partial charge is 0.493 e. The first kappa shape index (κ1) is 19.1. The van der Waals surface area contributed by atoms with Gasteiger partial charge in [0.1, 0.15) is 5.01 Å². The average molecular weight is 362 g/mol. The van der Waals surface area contributed by atoms with Crippen molar-refractivity contribution in [2.75, 3.05) is 20.8 Å². The molecule has 1 aromatic carbocycles. The fourth-order valence-corrected chi connectivity index (χ4v) is 3.23. The van der Waals surface area contributed by atoms with Gasteiger partial charge in [-0.1, -0.05) is 12.1 Å². The second-order valence-electron chi connectivity index (χ2n) is 5.45. The van der Waals surface area contributed by atoms with Crippen molar-refractivity contribution in [1.29, 1.82) is 0 Å². The smallest absolute Gasteiger partial charge is 0.191 e. The molecule has 7 heteroatoms. The quantitative estimate of drug-likeness (QED) is 0.585. The fraction of sp³-hybridized carbons (Fsp3) is 0.444. The molecule has 0 aliphatic heterocycles. The van der Waals surface area contributed by atoms with Crippen LogP contribution in [0, 0.1) is 13.8 Å². The lowest BCUT2D eigenvalue weighted by molar-refractivity contribution is 0.352. The predicted molar refractivity (Wildman–Crippen MR) is 103 cm³/mol. The monoisotopic (exact) mass is 362 g/mol. The zero-order valence-electron chi connectivity index (χ0n) is 15.5. The molecule has 0 unspecified atom stereocenters. The fourth-order valence-electron chi connectivity index (χ4n) is 2.36. The van der Waals surface area contributed by atoms with Crippen molar-refractivity contribution in [3.05, 3.63) is 39.3 Å². The third kappa shape index (κ3) is 5.09. The van der Waals surface area contributed by atoms with Crippen LogP contribution < -0.4 is 20.1 Å². The molecule has 2 aromatic rings. The summed E-state index contributed by atoms with van der Waals surface area (Å²) in [6.45, 7) is 8.10. The van der Waals surface area contributed by atoms with Gasteiger partial charge in [-0.15, -0.1) is 11.3 Å². The number of hydrogen-bond donors (Lipinski definition) is 2. The molecule has 0 radical (unpaired) electrons. The number of aryl methyl sites for hydroxylation is 2. The Morgan fingerprint density at radius 2 is 2.00 bits per heavy atom. The summed E-state index contributed by atoms with van der Waals surface area (Å²) in [6.07, 6.45) is 0. The second-order valence-corrected chi connectivity index (χ2v) is 6.74. The van der Waals surface area contributed by atoms with Crippen molar-refractivity contribution in [2.24, 2.45) is 4.99 Å². The highest BCUT2D eigenvalue weighted by atomic mass is 32.1. The maximum atomic E-state index is 5.46. The Bertz CT molecular complexity index is 708. The molecular weight excluding hydrogens is 336 g/mol. The van der Waals surface area contributed by atoms with Gasteiger partial charge in [0.2, 0.25) is 0 Å². The van der Waals surface area contributed by atoms with E-state index < -0.39 is 0 Å². The van der Waals surface area contributed by atoms with E-state index in [9.17, 15) is 0 Å². The number of ether oxygens (including phenoxy) is 2. The molecule has 0 saturated carbocycles. The summed E-state index contributed by atoms with van der Waals surface area (Å²) in [4.78, 5) is 10.4. The number of nitrogens with zero attached hydrogens (tertiary/aromatic N) is 2. The SMILES string of the molecule is CCNC(=NCc1cccc(OC)c1OC)NCc1nc(C)c(C)s1. The van der Waals surface area contributed by atoms with Gasteiger partial charge in [-0.3, -0.25) is 0 Å². The standard InChI is InChI=1S/C18H26N4O2S/c1-6-19-18(21-11-16-22-12(2)13(3)25-16)20-10-14-8-7-9-15(23-4)17(14)24-5/h7-9H,6,10-11H2,1-5H3,(H2,19,20,21). The maximum Gasteiger partial charge on any atom is 0.191 e. The van der Waals surface area contributed by atoms with Crippen LogP contribution in [-0.4, -0.2) is 31.7 Å². The summed E-state index contributed by atoms with van der Waals surface area (Å²) in [6, 6.07) is 5.80. The van der Waals surface area contributed by atoms with Crippen LogP contribution in [0.5, 0.6) is 11.5 Å². The Balaban J connectivity index is 2.09. The van der Waals surface area contributed by atoms with Crippen molar-refractivity contribution in [3.63, 3.8) is 0 Å². The third-order valence-corrected chi connectivity index (χ3v) is 4.79. The molecule has 0 amide bonds. The van der Waals surface area contributed by atoms with Gasteiger partial charge in [-0.05, 0) is 26.8 Å². The zero-order valence-corrected chi connectivity index (χ0v) is 16.3. The van der Waals surface area contributed by atoms with E-state index in [1.807, 2.05) is 32.0 Å². The van der Waals surface area contributed by atoms with Crippen molar-refractivity contribution >= 4 is 17.3 Å². The van der Waals surface area contributed by atoms with Gasteiger partial charge in [0.05, 0.1) is 33.0 Å². The van der Waals surface area contributed by atoms with E-state index in [2.05, 4.69) is 27.5 Å². The van der Waals surface area contributed by atoms with Crippen LogP contribution in [0.3, 0.4) is 0 Å². The summed E-state index contributed by atoms with van der Waals surface area (Å²) >= 11 is 1.71. The number of nitrogens with one attached hydrogen (secondary N) is 2. The molecule has 0 saturated heterocycles. The number of methoxy groups -OCH3 is 2. The van der Waals surface area contributed by atoms with Gasteiger partial charge in [-0.25, -0.2) is 9.98 Å². The minimum absolute atomic E-state index is 0.492. The summed E-state index contributed by atoms with van der Waals surface area (Å²) < 4.78 is 10.8. The molecule has 0 aliphatic carbocycles. The van der Waals surface area contributed by atoms with Crippen molar-refractivity contribution in [3.8, 4) is 11.5 Å². The van der Waals surface area contributed by atoms with Crippen LogP contribution in [0.25, 0.3) is 0 Å². The van der Waals surface area contributed by atoms with Crippen LogP contribution in [-0.2, 0) is 13.1 Å². The van der Waals surface area contributed by atoms with Gasteiger partial charge in [0, 0.05) is 17.0 Å². The highest BCUT2D eigenvalue weighted by Gasteiger charge is 2.09. The normalized spacial score (nSPS) is 11.3. The average Bonchev–Trinajstić information content (AvgIpc) is 2.94. The first-order chi connectivity index (χ1) is 12.1. The number of hydrogen-bond acceptors (Lipinski definition) is 5. The molecule has 0 aliphatic rings. The van der Waals surface area contributed by atoms with E-state index in [1.54, 1.807) is 25.6 Å². The van der Waals surface area contributed by atoms with E-state index in [0.717, 1.165) is 34.5 Å². The zero-order chi connectivity index (χ0) is 18.2. The Morgan fingerprint density at radius 3 is 2.60 bits per heavy atom. The Labute approximate surface area is 153 Å². The van der Waals surface area contributed by atoms with Crippen molar-refractivity contribution in [2.45, 2.75) is 33.9 Å². The lowest BCUT2D eigenvalue weighted by Crippen LogP contribution is -2.36. The summed E-state index contributed by atoms with van der Waals surface area (Å²) in [7, 11) is 3.27. The Kier molecular flexibility index (Phi) is 7.06. The molecule has 136 valence electrons. The topological polar surface area (TPSA) is 67.8 Å². The summed E-state index contributed by atoms with van der Waals surface area (Å²) in [5.41, 5.74) is 2.06.